The van der Waals surface area contributed by atoms with Gasteiger partial charge in [-0.15, -0.1) is 0 Å². The number of nitrogens with zero attached hydrogens (tertiary/aromatic N) is 4. The quantitative estimate of drug-likeness (QED) is 0.746. The summed E-state index contributed by atoms with van der Waals surface area (Å²) < 4.78 is 6.98. The predicted octanol–water partition coefficient (Wildman–Crippen LogP) is 2.28. The van der Waals surface area contributed by atoms with Crippen molar-refractivity contribution >= 4 is 34.8 Å². The van der Waals surface area contributed by atoms with Crippen LogP contribution in [0.3, 0.4) is 0 Å². The van der Waals surface area contributed by atoms with Gasteiger partial charge in [0, 0.05) is 17.4 Å². The molecule has 2 amide bonds. The van der Waals surface area contributed by atoms with Gasteiger partial charge in [-0.25, -0.2) is 9.67 Å². The number of ether oxygens (including phenoxy) is 1. The maximum absolute atomic E-state index is 12.4. The number of benzene rings is 1. The Morgan fingerprint density at radius 2 is 2.19 bits per heavy atom. The predicted molar refractivity (Wildman–Crippen MR) is 99.3 cm³/mol. The SMILES string of the molecule is O=C(CN1C(=O)COc2ccc(Cl)cc21)Nc1ccc(-n2cccn2)nc1. The Labute approximate surface area is 159 Å². The lowest BCUT2D eigenvalue weighted by Crippen LogP contribution is -2.43. The van der Waals surface area contributed by atoms with Gasteiger partial charge >= 0.3 is 0 Å². The molecule has 27 heavy (non-hydrogen) atoms. The van der Waals surface area contributed by atoms with E-state index in [1.807, 2.05) is 0 Å². The molecule has 0 aliphatic carbocycles. The van der Waals surface area contributed by atoms with Gasteiger partial charge in [-0.2, -0.15) is 5.10 Å². The van der Waals surface area contributed by atoms with E-state index in [2.05, 4.69) is 15.4 Å². The molecule has 1 N–H and O–H groups in total. The maximum Gasteiger partial charge on any atom is 0.265 e. The van der Waals surface area contributed by atoms with Crippen LogP contribution in [0.5, 0.6) is 5.75 Å². The standard InChI is InChI=1S/C18H14ClN5O3/c19-12-2-4-15-14(8-12)23(18(26)11-27-15)10-17(25)22-13-3-5-16(20-9-13)24-7-1-6-21-24/h1-9H,10-11H2,(H,22,25). The molecule has 3 heterocycles. The van der Waals surface area contributed by atoms with E-state index in [9.17, 15) is 9.59 Å². The largest absolute Gasteiger partial charge is 0.482 e. The maximum atomic E-state index is 12.4. The Morgan fingerprint density at radius 3 is 2.93 bits per heavy atom. The molecule has 9 heteroatoms. The molecule has 8 nitrogen and oxygen atoms in total. The summed E-state index contributed by atoms with van der Waals surface area (Å²) in [6, 6.07) is 10.2. The zero-order valence-corrected chi connectivity index (χ0v) is 14.8. The first-order valence-corrected chi connectivity index (χ1v) is 8.46. The smallest absolute Gasteiger partial charge is 0.265 e. The first-order valence-electron chi connectivity index (χ1n) is 8.09. The normalized spacial score (nSPS) is 13.1. The van der Waals surface area contributed by atoms with Crippen molar-refractivity contribution in [3.8, 4) is 11.6 Å². The molecule has 1 aliphatic rings. The lowest BCUT2D eigenvalue weighted by molar-refractivity contribution is -0.123. The molecular formula is C18H14ClN5O3. The third kappa shape index (κ3) is 3.61. The summed E-state index contributed by atoms with van der Waals surface area (Å²) in [4.78, 5) is 30.2. The molecule has 0 unspecified atom stereocenters. The van der Waals surface area contributed by atoms with Crippen LogP contribution in [0.25, 0.3) is 5.82 Å². The summed E-state index contributed by atoms with van der Waals surface area (Å²) in [5, 5.41) is 7.27. The Hall–Kier alpha value is -3.39. The Morgan fingerprint density at radius 1 is 1.30 bits per heavy atom. The fourth-order valence-electron chi connectivity index (χ4n) is 2.69. The van der Waals surface area contributed by atoms with Gasteiger partial charge in [0.15, 0.2) is 12.4 Å². The molecule has 0 saturated carbocycles. The average molecular weight is 384 g/mol. The number of pyridine rings is 1. The minimum atomic E-state index is -0.357. The number of fused-ring (bicyclic) bond motifs is 1. The minimum absolute atomic E-state index is 0.123. The van der Waals surface area contributed by atoms with Crippen LogP contribution in [0, 0.1) is 0 Å². The number of nitrogens with one attached hydrogen (secondary N) is 1. The molecule has 136 valence electrons. The molecule has 0 fully saturated rings. The van der Waals surface area contributed by atoms with E-state index in [1.165, 1.54) is 11.1 Å². The second-order valence-corrected chi connectivity index (χ2v) is 6.22. The highest BCUT2D eigenvalue weighted by molar-refractivity contribution is 6.31. The van der Waals surface area contributed by atoms with Gasteiger partial charge in [-0.3, -0.25) is 14.5 Å². The molecule has 3 aromatic rings. The third-order valence-corrected chi connectivity index (χ3v) is 4.17. The van der Waals surface area contributed by atoms with Crippen molar-refractivity contribution < 1.29 is 14.3 Å². The van der Waals surface area contributed by atoms with Crippen LogP contribution in [-0.2, 0) is 9.59 Å². The van der Waals surface area contributed by atoms with Gasteiger partial charge in [0.05, 0.1) is 17.6 Å². The number of aromatic nitrogens is 3. The van der Waals surface area contributed by atoms with Crippen molar-refractivity contribution in [3.05, 3.63) is 60.0 Å². The van der Waals surface area contributed by atoms with Crippen molar-refractivity contribution in [2.24, 2.45) is 0 Å². The Balaban J connectivity index is 1.47. The van der Waals surface area contributed by atoms with Crippen LogP contribution in [0.15, 0.2) is 55.0 Å². The van der Waals surface area contributed by atoms with Crippen molar-refractivity contribution in [2.75, 3.05) is 23.4 Å². The van der Waals surface area contributed by atoms with Crippen LogP contribution in [0.2, 0.25) is 5.02 Å². The van der Waals surface area contributed by atoms with Gasteiger partial charge in [0.2, 0.25) is 5.91 Å². The average Bonchev–Trinajstić information content (AvgIpc) is 3.19. The number of hydrogen-bond donors (Lipinski definition) is 1. The first-order chi connectivity index (χ1) is 13.1. The van der Waals surface area contributed by atoms with Crippen LogP contribution >= 0.6 is 11.6 Å². The molecule has 2 aromatic heterocycles. The monoisotopic (exact) mass is 383 g/mol. The highest BCUT2D eigenvalue weighted by atomic mass is 35.5. The molecule has 1 aromatic carbocycles. The summed E-state index contributed by atoms with van der Waals surface area (Å²) in [6.07, 6.45) is 4.95. The van der Waals surface area contributed by atoms with Gasteiger partial charge in [-0.1, -0.05) is 11.6 Å². The highest BCUT2D eigenvalue weighted by Gasteiger charge is 2.27. The fourth-order valence-corrected chi connectivity index (χ4v) is 2.86. The van der Waals surface area contributed by atoms with E-state index in [0.29, 0.717) is 28.0 Å². The number of carbonyl (C=O) groups is 2. The second-order valence-electron chi connectivity index (χ2n) is 5.78. The van der Waals surface area contributed by atoms with Crippen molar-refractivity contribution in [3.63, 3.8) is 0 Å². The lowest BCUT2D eigenvalue weighted by Gasteiger charge is -2.29. The van der Waals surface area contributed by atoms with Crippen molar-refractivity contribution in [2.45, 2.75) is 0 Å². The van der Waals surface area contributed by atoms with Crippen molar-refractivity contribution in [1.82, 2.24) is 14.8 Å². The number of rotatable bonds is 4. The summed E-state index contributed by atoms with van der Waals surface area (Å²) >= 11 is 6.00. The van der Waals surface area contributed by atoms with E-state index in [1.54, 1.807) is 53.5 Å². The van der Waals surface area contributed by atoms with Gasteiger partial charge < -0.3 is 10.1 Å². The minimum Gasteiger partial charge on any atom is -0.482 e. The van der Waals surface area contributed by atoms with E-state index >= 15 is 0 Å². The highest BCUT2D eigenvalue weighted by Crippen LogP contribution is 2.34. The Bertz CT molecular complexity index is 989. The molecule has 0 bridgehead atoms. The zero-order chi connectivity index (χ0) is 18.8. The van der Waals surface area contributed by atoms with Gasteiger partial charge in [0.25, 0.3) is 5.91 Å². The molecule has 0 radical (unpaired) electrons. The number of halogens is 1. The molecule has 0 saturated heterocycles. The van der Waals surface area contributed by atoms with Crippen LogP contribution in [-0.4, -0.2) is 39.7 Å². The fraction of sp³-hybridized carbons (Fsp3) is 0.111. The van der Waals surface area contributed by atoms with Gasteiger partial charge in [0.1, 0.15) is 12.3 Å². The van der Waals surface area contributed by atoms with E-state index in [0.717, 1.165) is 0 Å². The number of carbonyl (C=O) groups excluding carboxylic acids is 2. The lowest BCUT2D eigenvalue weighted by atomic mass is 10.2. The molecule has 4 rings (SSSR count). The summed E-state index contributed by atoms with van der Waals surface area (Å²) in [7, 11) is 0. The Kier molecular flexibility index (Phi) is 4.47. The summed E-state index contributed by atoms with van der Waals surface area (Å²) in [6.45, 7) is -0.279. The van der Waals surface area contributed by atoms with Crippen LogP contribution < -0.4 is 15.0 Å². The van der Waals surface area contributed by atoms with Crippen LogP contribution in [0.1, 0.15) is 0 Å². The van der Waals surface area contributed by atoms with E-state index in [-0.39, 0.29) is 25.0 Å². The summed E-state index contributed by atoms with van der Waals surface area (Å²) in [5.41, 5.74) is 0.990. The molecule has 1 aliphatic heterocycles. The van der Waals surface area contributed by atoms with Gasteiger partial charge in [-0.05, 0) is 36.4 Å². The number of anilines is 2. The van der Waals surface area contributed by atoms with E-state index < -0.39 is 0 Å². The molecule has 0 spiro atoms. The topological polar surface area (TPSA) is 89.4 Å². The molecular weight excluding hydrogens is 370 g/mol. The van der Waals surface area contributed by atoms with E-state index in [4.69, 9.17) is 16.3 Å². The summed E-state index contributed by atoms with van der Waals surface area (Å²) in [5.74, 6) is 0.471. The first kappa shape index (κ1) is 17.0. The van der Waals surface area contributed by atoms with Crippen molar-refractivity contribution in [1.29, 1.82) is 0 Å². The zero-order valence-electron chi connectivity index (χ0n) is 14.0. The van der Waals surface area contributed by atoms with Crippen LogP contribution in [0.4, 0.5) is 11.4 Å². The number of hydrogen-bond acceptors (Lipinski definition) is 5. The number of amides is 2. The third-order valence-electron chi connectivity index (χ3n) is 3.94. The second kappa shape index (κ2) is 7.08. The molecule has 0 atom stereocenters.